The summed E-state index contributed by atoms with van der Waals surface area (Å²) in [4.78, 5) is 0. The predicted molar refractivity (Wildman–Crippen MR) is 68.5 cm³/mol. The molecule has 0 heterocycles. The third-order valence-electron chi connectivity index (χ3n) is 2.55. The predicted octanol–water partition coefficient (Wildman–Crippen LogP) is 3.71. The minimum absolute atomic E-state index is 0.356. The Bertz CT molecular complexity index is 394. The van der Waals surface area contributed by atoms with Crippen molar-refractivity contribution in [2.45, 2.75) is 34.1 Å². The zero-order valence-electron chi connectivity index (χ0n) is 10.6. The second-order valence-electron chi connectivity index (χ2n) is 5.38. The molecule has 0 amide bonds. The Hall–Kier alpha value is -1.49. The van der Waals surface area contributed by atoms with Gasteiger partial charge in [-0.25, -0.2) is 0 Å². The molecular formula is C14H20N2. The summed E-state index contributed by atoms with van der Waals surface area (Å²) in [7, 11) is 0. The smallest absolute Gasteiger partial charge is 0.0994 e. The average molecular weight is 216 g/mol. The van der Waals surface area contributed by atoms with Crippen LogP contribution in [0.25, 0.3) is 0 Å². The van der Waals surface area contributed by atoms with Crippen molar-refractivity contribution in [3.05, 3.63) is 29.3 Å². The molecule has 0 aliphatic carbocycles. The van der Waals surface area contributed by atoms with Gasteiger partial charge in [0.05, 0.1) is 11.6 Å². The quantitative estimate of drug-likeness (QED) is 0.836. The van der Waals surface area contributed by atoms with Gasteiger partial charge in [-0.1, -0.05) is 20.8 Å². The highest BCUT2D eigenvalue weighted by atomic mass is 14.9. The maximum atomic E-state index is 8.82. The van der Waals surface area contributed by atoms with E-state index in [0.717, 1.165) is 29.8 Å². The molecule has 16 heavy (non-hydrogen) atoms. The molecule has 0 aliphatic rings. The second kappa shape index (κ2) is 5.03. The van der Waals surface area contributed by atoms with Crippen LogP contribution in [0.15, 0.2) is 18.2 Å². The number of nitriles is 1. The summed E-state index contributed by atoms with van der Waals surface area (Å²) in [5.74, 6) is 0. The lowest BCUT2D eigenvalue weighted by molar-refractivity contribution is 0.390. The molecule has 0 saturated heterocycles. The van der Waals surface area contributed by atoms with Crippen LogP contribution < -0.4 is 5.32 Å². The third-order valence-corrected chi connectivity index (χ3v) is 2.55. The molecule has 1 N–H and O–H groups in total. The SMILES string of the molecule is Cc1cc(NCCC(C)(C)C)ccc1C#N. The molecule has 1 rings (SSSR count). The van der Waals surface area contributed by atoms with E-state index in [1.165, 1.54) is 0 Å². The van der Waals surface area contributed by atoms with Crippen molar-refractivity contribution in [1.82, 2.24) is 0 Å². The highest BCUT2D eigenvalue weighted by Crippen LogP contribution is 2.19. The van der Waals surface area contributed by atoms with E-state index < -0.39 is 0 Å². The monoisotopic (exact) mass is 216 g/mol. The van der Waals surface area contributed by atoms with E-state index in [4.69, 9.17) is 5.26 Å². The topological polar surface area (TPSA) is 35.8 Å². The Morgan fingerprint density at radius 2 is 2.00 bits per heavy atom. The van der Waals surface area contributed by atoms with Crippen LogP contribution in [0.1, 0.15) is 38.3 Å². The van der Waals surface area contributed by atoms with Gasteiger partial charge in [0.25, 0.3) is 0 Å². The standard InChI is InChI=1S/C14H20N2/c1-11-9-13(6-5-12(11)10-15)16-8-7-14(2,3)4/h5-6,9,16H,7-8H2,1-4H3. The lowest BCUT2D eigenvalue weighted by atomic mass is 9.92. The van der Waals surface area contributed by atoms with E-state index in [2.05, 4.69) is 32.2 Å². The number of anilines is 1. The van der Waals surface area contributed by atoms with Crippen molar-refractivity contribution in [1.29, 1.82) is 5.26 Å². The summed E-state index contributed by atoms with van der Waals surface area (Å²) in [5, 5.41) is 12.2. The van der Waals surface area contributed by atoms with E-state index in [1.807, 2.05) is 25.1 Å². The molecule has 2 heteroatoms. The summed E-state index contributed by atoms with van der Waals surface area (Å²) in [6.07, 6.45) is 1.13. The fourth-order valence-electron chi connectivity index (χ4n) is 1.48. The van der Waals surface area contributed by atoms with Crippen LogP contribution in [0.3, 0.4) is 0 Å². The van der Waals surface area contributed by atoms with Crippen LogP contribution >= 0.6 is 0 Å². The molecule has 0 aromatic heterocycles. The molecule has 1 aromatic rings. The van der Waals surface area contributed by atoms with Crippen molar-refractivity contribution < 1.29 is 0 Å². The fraction of sp³-hybridized carbons (Fsp3) is 0.500. The van der Waals surface area contributed by atoms with Crippen LogP contribution in [-0.2, 0) is 0 Å². The fourth-order valence-corrected chi connectivity index (χ4v) is 1.48. The van der Waals surface area contributed by atoms with E-state index in [9.17, 15) is 0 Å². The average Bonchev–Trinajstić information content (AvgIpc) is 2.16. The summed E-state index contributed by atoms with van der Waals surface area (Å²) in [6.45, 7) is 9.64. The van der Waals surface area contributed by atoms with Gasteiger partial charge in [0.15, 0.2) is 0 Å². The number of hydrogen-bond donors (Lipinski definition) is 1. The molecule has 0 saturated carbocycles. The van der Waals surface area contributed by atoms with Crippen LogP contribution in [-0.4, -0.2) is 6.54 Å². The summed E-state index contributed by atoms with van der Waals surface area (Å²) in [5.41, 5.74) is 3.24. The number of nitrogens with zero attached hydrogens (tertiary/aromatic N) is 1. The number of nitrogens with one attached hydrogen (secondary N) is 1. The molecule has 2 nitrogen and oxygen atoms in total. The minimum Gasteiger partial charge on any atom is -0.385 e. The Morgan fingerprint density at radius 1 is 1.31 bits per heavy atom. The highest BCUT2D eigenvalue weighted by Gasteiger charge is 2.09. The van der Waals surface area contributed by atoms with E-state index in [-0.39, 0.29) is 0 Å². The first-order chi connectivity index (χ1) is 7.42. The molecule has 0 fully saturated rings. The van der Waals surface area contributed by atoms with Gasteiger partial charge in [-0.15, -0.1) is 0 Å². The lowest BCUT2D eigenvalue weighted by Gasteiger charge is -2.18. The van der Waals surface area contributed by atoms with Gasteiger partial charge >= 0.3 is 0 Å². The number of hydrogen-bond acceptors (Lipinski definition) is 2. The molecule has 86 valence electrons. The van der Waals surface area contributed by atoms with Crippen molar-refractivity contribution >= 4 is 5.69 Å². The zero-order valence-corrected chi connectivity index (χ0v) is 10.6. The number of aryl methyl sites for hydroxylation is 1. The van der Waals surface area contributed by atoms with Gasteiger partial charge in [0, 0.05) is 12.2 Å². The second-order valence-corrected chi connectivity index (χ2v) is 5.38. The Morgan fingerprint density at radius 3 is 2.50 bits per heavy atom. The molecule has 0 atom stereocenters. The van der Waals surface area contributed by atoms with Gasteiger partial charge in [0.2, 0.25) is 0 Å². The minimum atomic E-state index is 0.356. The van der Waals surface area contributed by atoms with Gasteiger partial charge in [-0.2, -0.15) is 5.26 Å². The van der Waals surface area contributed by atoms with Crippen LogP contribution in [0.4, 0.5) is 5.69 Å². The summed E-state index contributed by atoms with van der Waals surface area (Å²) < 4.78 is 0. The Balaban J connectivity index is 2.57. The van der Waals surface area contributed by atoms with Gasteiger partial charge in [-0.05, 0) is 42.5 Å². The van der Waals surface area contributed by atoms with Gasteiger partial charge in [0.1, 0.15) is 0 Å². The molecule has 0 spiro atoms. The number of rotatable bonds is 3. The maximum Gasteiger partial charge on any atom is 0.0994 e. The van der Waals surface area contributed by atoms with Crippen molar-refractivity contribution in [3.8, 4) is 6.07 Å². The molecule has 1 aromatic carbocycles. The normalized spacial score (nSPS) is 10.9. The first-order valence-corrected chi connectivity index (χ1v) is 5.67. The van der Waals surface area contributed by atoms with Crippen molar-refractivity contribution in [3.63, 3.8) is 0 Å². The lowest BCUT2D eigenvalue weighted by Crippen LogP contribution is -2.12. The van der Waals surface area contributed by atoms with E-state index >= 15 is 0 Å². The maximum absolute atomic E-state index is 8.82. The van der Waals surface area contributed by atoms with E-state index in [1.54, 1.807) is 0 Å². The largest absolute Gasteiger partial charge is 0.385 e. The molecule has 0 radical (unpaired) electrons. The van der Waals surface area contributed by atoms with Crippen LogP contribution in [0.5, 0.6) is 0 Å². The van der Waals surface area contributed by atoms with Crippen LogP contribution in [0.2, 0.25) is 0 Å². The third kappa shape index (κ3) is 3.94. The summed E-state index contributed by atoms with van der Waals surface area (Å²) >= 11 is 0. The van der Waals surface area contributed by atoms with Crippen molar-refractivity contribution in [2.75, 3.05) is 11.9 Å². The van der Waals surface area contributed by atoms with Crippen LogP contribution in [0, 0.1) is 23.7 Å². The van der Waals surface area contributed by atoms with Gasteiger partial charge in [-0.3, -0.25) is 0 Å². The number of benzene rings is 1. The molecule has 0 aliphatic heterocycles. The first-order valence-electron chi connectivity index (χ1n) is 5.67. The molecular weight excluding hydrogens is 196 g/mol. The zero-order chi connectivity index (χ0) is 12.2. The van der Waals surface area contributed by atoms with Gasteiger partial charge < -0.3 is 5.32 Å². The highest BCUT2D eigenvalue weighted by molar-refractivity contribution is 5.51. The van der Waals surface area contributed by atoms with Crippen molar-refractivity contribution in [2.24, 2.45) is 5.41 Å². The molecule has 0 unspecified atom stereocenters. The first kappa shape index (κ1) is 12.6. The Labute approximate surface area is 98.3 Å². The summed E-state index contributed by atoms with van der Waals surface area (Å²) in [6, 6.07) is 8.04. The molecule has 0 bridgehead atoms. The Kier molecular flexibility index (Phi) is 3.95. The van der Waals surface area contributed by atoms with E-state index in [0.29, 0.717) is 5.41 Å².